The summed E-state index contributed by atoms with van der Waals surface area (Å²) in [6.07, 6.45) is 5.64. The summed E-state index contributed by atoms with van der Waals surface area (Å²) in [6, 6.07) is 7.46. The van der Waals surface area contributed by atoms with E-state index in [4.69, 9.17) is 9.26 Å². The fourth-order valence-corrected chi connectivity index (χ4v) is 3.14. The van der Waals surface area contributed by atoms with Crippen LogP contribution >= 0.6 is 0 Å². The first-order valence-electron chi connectivity index (χ1n) is 9.70. The smallest absolute Gasteiger partial charge is 0.315 e. The van der Waals surface area contributed by atoms with E-state index in [1.165, 1.54) is 6.42 Å². The third kappa shape index (κ3) is 5.80. The van der Waals surface area contributed by atoms with Gasteiger partial charge in [0.2, 0.25) is 0 Å². The zero-order valence-corrected chi connectivity index (χ0v) is 16.1. The normalized spacial score (nSPS) is 14.5. The number of nitrogens with one attached hydrogen (secondary N) is 2. The number of aryl methyl sites for hydroxylation is 1. The number of hydrogen-bond acceptors (Lipinski definition) is 6. The Morgan fingerprint density at radius 1 is 1.11 bits per heavy atom. The third-order valence-electron chi connectivity index (χ3n) is 4.73. The minimum absolute atomic E-state index is 0.0328. The van der Waals surface area contributed by atoms with E-state index in [0.29, 0.717) is 11.6 Å². The molecule has 0 aliphatic heterocycles. The molecule has 1 fully saturated rings. The van der Waals surface area contributed by atoms with Crippen LogP contribution in [0.25, 0.3) is 0 Å². The predicted octanol–water partition coefficient (Wildman–Crippen LogP) is 2.35. The Balaban J connectivity index is 1.33. The van der Waals surface area contributed by atoms with Crippen LogP contribution in [-0.2, 0) is 4.79 Å². The van der Waals surface area contributed by atoms with Gasteiger partial charge in [0.05, 0.1) is 0 Å². The van der Waals surface area contributed by atoms with E-state index >= 15 is 0 Å². The summed E-state index contributed by atoms with van der Waals surface area (Å²) in [5, 5.41) is 9.29. The number of amides is 2. The van der Waals surface area contributed by atoms with Gasteiger partial charge in [-0.3, -0.25) is 9.59 Å². The number of nitrogens with zero attached hydrogens (tertiary/aromatic N) is 2. The largest absolute Gasteiger partial charge is 0.484 e. The van der Waals surface area contributed by atoms with Crippen molar-refractivity contribution in [1.82, 2.24) is 20.8 Å². The molecule has 1 saturated carbocycles. The van der Waals surface area contributed by atoms with Crippen molar-refractivity contribution in [3.63, 3.8) is 0 Å². The highest BCUT2D eigenvalue weighted by molar-refractivity contribution is 5.89. The van der Waals surface area contributed by atoms with Crippen LogP contribution in [0.1, 0.15) is 60.1 Å². The van der Waals surface area contributed by atoms with E-state index in [0.717, 1.165) is 31.2 Å². The van der Waals surface area contributed by atoms with E-state index in [-0.39, 0.29) is 37.4 Å². The quantitative estimate of drug-likeness (QED) is 0.675. The number of rotatable bonds is 8. The van der Waals surface area contributed by atoms with Crippen molar-refractivity contribution in [3.8, 4) is 5.75 Å². The lowest BCUT2D eigenvalue weighted by Gasteiger charge is -2.17. The summed E-state index contributed by atoms with van der Waals surface area (Å²) in [7, 11) is 0. The summed E-state index contributed by atoms with van der Waals surface area (Å²) in [5.41, 5.74) is 1.12. The number of carbonyl (C=O) groups excluding carboxylic acids is 2. The lowest BCUT2D eigenvalue weighted by molar-refractivity contribution is -0.123. The molecule has 8 heteroatoms. The molecule has 1 heterocycles. The van der Waals surface area contributed by atoms with Gasteiger partial charge in [-0.1, -0.05) is 42.1 Å². The van der Waals surface area contributed by atoms with Gasteiger partial charge in [-0.2, -0.15) is 4.98 Å². The zero-order valence-electron chi connectivity index (χ0n) is 16.1. The number of hydrogen-bond donors (Lipinski definition) is 2. The van der Waals surface area contributed by atoms with Crippen LogP contribution in [-0.4, -0.2) is 41.7 Å². The van der Waals surface area contributed by atoms with Crippen LogP contribution in [0.3, 0.4) is 0 Å². The van der Waals surface area contributed by atoms with Crippen molar-refractivity contribution < 1.29 is 18.8 Å². The fraction of sp³-hybridized carbons (Fsp3) is 0.500. The van der Waals surface area contributed by atoms with Crippen LogP contribution in [0, 0.1) is 6.92 Å². The summed E-state index contributed by atoms with van der Waals surface area (Å²) < 4.78 is 10.5. The first-order valence-corrected chi connectivity index (χ1v) is 9.70. The van der Waals surface area contributed by atoms with Gasteiger partial charge >= 0.3 is 11.8 Å². The van der Waals surface area contributed by atoms with Gasteiger partial charge in [-0.25, -0.2) is 0 Å². The fourth-order valence-electron chi connectivity index (χ4n) is 3.14. The minimum atomic E-state index is -0.431. The van der Waals surface area contributed by atoms with Crippen molar-refractivity contribution in [2.24, 2.45) is 0 Å². The third-order valence-corrected chi connectivity index (χ3v) is 4.73. The molecule has 1 aromatic carbocycles. The molecule has 2 aromatic rings. The first-order chi connectivity index (χ1) is 13.6. The molecular weight excluding hydrogens is 360 g/mol. The maximum atomic E-state index is 12.1. The van der Waals surface area contributed by atoms with Crippen molar-refractivity contribution in [1.29, 1.82) is 0 Å². The average molecular weight is 386 g/mol. The standard InChI is InChI=1S/C20H26N4O4/c1-14-7-9-16(10-8-14)27-13-17(25)21-11-12-22-19(26)20-23-18(24-28-20)15-5-3-2-4-6-15/h7-10,15H,2-6,11-13H2,1H3,(H,21,25)(H,22,26). The van der Waals surface area contributed by atoms with Gasteiger partial charge < -0.3 is 19.9 Å². The molecule has 0 spiro atoms. The van der Waals surface area contributed by atoms with Crippen molar-refractivity contribution >= 4 is 11.8 Å². The van der Waals surface area contributed by atoms with E-state index in [2.05, 4.69) is 20.8 Å². The lowest BCUT2D eigenvalue weighted by atomic mass is 9.89. The molecule has 1 aromatic heterocycles. The first kappa shape index (κ1) is 19.9. The highest BCUT2D eigenvalue weighted by atomic mass is 16.5. The number of aromatic nitrogens is 2. The van der Waals surface area contributed by atoms with Gasteiger partial charge in [0, 0.05) is 19.0 Å². The molecule has 3 rings (SSSR count). The molecule has 0 radical (unpaired) electrons. The second kappa shape index (κ2) is 9.87. The molecule has 2 N–H and O–H groups in total. The summed E-state index contributed by atoms with van der Waals surface area (Å²) >= 11 is 0. The number of ether oxygens (including phenoxy) is 1. The highest BCUT2D eigenvalue weighted by Crippen LogP contribution is 2.30. The molecule has 0 bridgehead atoms. The van der Waals surface area contributed by atoms with E-state index in [1.54, 1.807) is 0 Å². The molecule has 2 amide bonds. The Hall–Kier alpha value is -2.90. The van der Waals surface area contributed by atoms with Gasteiger partial charge in [-0.05, 0) is 31.9 Å². The Labute approximate surface area is 164 Å². The molecule has 28 heavy (non-hydrogen) atoms. The van der Waals surface area contributed by atoms with Crippen LogP contribution in [0.2, 0.25) is 0 Å². The van der Waals surface area contributed by atoms with E-state index in [1.807, 2.05) is 31.2 Å². The maximum absolute atomic E-state index is 12.1. The van der Waals surface area contributed by atoms with Crippen molar-refractivity contribution in [3.05, 3.63) is 41.5 Å². The van der Waals surface area contributed by atoms with E-state index < -0.39 is 5.91 Å². The zero-order chi connectivity index (χ0) is 19.8. The van der Waals surface area contributed by atoms with Gasteiger partial charge in [-0.15, -0.1) is 0 Å². The topological polar surface area (TPSA) is 106 Å². The van der Waals surface area contributed by atoms with Gasteiger partial charge in [0.1, 0.15) is 5.75 Å². The second-order valence-corrected chi connectivity index (χ2v) is 7.00. The van der Waals surface area contributed by atoms with Crippen molar-refractivity contribution in [2.75, 3.05) is 19.7 Å². The Morgan fingerprint density at radius 3 is 2.57 bits per heavy atom. The Bertz CT molecular complexity index is 782. The molecule has 0 unspecified atom stereocenters. The Morgan fingerprint density at radius 2 is 1.82 bits per heavy atom. The predicted molar refractivity (Wildman–Crippen MR) is 102 cm³/mol. The number of benzene rings is 1. The molecule has 1 aliphatic carbocycles. The molecule has 0 saturated heterocycles. The average Bonchev–Trinajstić information content (AvgIpc) is 3.22. The summed E-state index contributed by atoms with van der Waals surface area (Å²) in [6.45, 7) is 2.45. The van der Waals surface area contributed by atoms with Gasteiger partial charge in [0.15, 0.2) is 12.4 Å². The second-order valence-electron chi connectivity index (χ2n) is 7.00. The molecular formula is C20H26N4O4. The van der Waals surface area contributed by atoms with E-state index in [9.17, 15) is 9.59 Å². The highest BCUT2D eigenvalue weighted by Gasteiger charge is 2.23. The van der Waals surface area contributed by atoms with Crippen molar-refractivity contribution in [2.45, 2.75) is 44.9 Å². The lowest BCUT2D eigenvalue weighted by Crippen LogP contribution is -2.36. The monoisotopic (exact) mass is 386 g/mol. The van der Waals surface area contributed by atoms with Gasteiger partial charge in [0.25, 0.3) is 5.91 Å². The Kier molecular flexibility index (Phi) is 7.00. The molecule has 8 nitrogen and oxygen atoms in total. The maximum Gasteiger partial charge on any atom is 0.315 e. The molecule has 150 valence electrons. The molecule has 1 aliphatic rings. The van der Waals surface area contributed by atoms with Crippen LogP contribution in [0.15, 0.2) is 28.8 Å². The van der Waals surface area contributed by atoms with Crippen LogP contribution < -0.4 is 15.4 Å². The molecule has 0 atom stereocenters. The van der Waals surface area contributed by atoms with Crippen LogP contribution in [0.5, 0.6) is 5.75 Å². The summed E-state index contributed by atoms with van der Waals surface area (Å²) in [5.74, 6) is 0.819. The SMILES string of the molecule is Cc1ccc(OCC(=O)NCCNC(=O)c2nc(C3CCCCC3)no2)cc1. The minimum Gasteiger partial charge on any atom is -0.484 e. The van der Waals surface area contributed by atoms with Crippen LogP contribution in [0.4, 0.5) is 0 Å². The summed E-state index contributed by atoms with van der Waals surface area (Å²) in [4.78, 5) is 28.1. The number of carbonyl (C=O) groups is 2.